The second-order valence-electron chi connectivity index (χ2n) is 1.41. The molecule has 0 aromatic carbocycles. The molecule has 0 aromatic heterocycles. The van der Waals surface area contributed by atoms with Gasteiger partial charge in [-0.2, -0.15) is 8.42 Å². The average molecular weight is 208 g/mol. The van der Waals surface area contributed by atoms with Crippen LogP contribution in [0, 0.1) is 0 Å². The first-order valence-corrected chi connectivity index (χ1v) is 4.79. The third kappa shape index (κ3) is 4.94. The van der Waals surface area contributed by atoms with Gasteiger partial charge in [0.25, 0.3) is 0 Å². The minimum atomic E-state index is -4.76. The van der Waals surface area contributed by atoms with Crippen molar-refractivity contribution in [3.63, 3.8) is 0 Å². The first-order valence-electron chi connectivity index (χ1n) is 2.30. The molecule has 0 bridgehead atoms. The Morgan fingerprint density at radius 3 is 1.82 bits per heavy atom. The minimum Gasteiger partial charge on any atom is -0.744 e. The molecular formula is C3H5NaO5S2. The summed E-state index contributed by atoms with van der Waals surface area (Å²) in [5, 5.41) is 0. The fraction of sp³-hybridized carbons (Fsp3) is 0.667. The van der Waals surface area contributed by atoms with Gasteiger partial charge in [0.2, 0.25) is 10.3 Å². The van der Waals surface area contributed by atoms with Crippen LogP contribution in [-0.4, -0.2) is 25.6 Å². The molecule has 0 heterocycles. The molecule has 11 heavy (non-hydrogen) atoms. The quantitative estimate of drug-likeness (QED) is 0.248. The van der Waals surface area contributed by atoms with Gasteiger partial charge in [-0.25, -0.2) is 8.42 Å². The van der Waals surface area contributed by atoms with E-state index in [2.05, 4.69) is 0 Å². The van der Waals surface area contributed by atoms with Gasteiger partial charge in [0.1, 0.15) is 10.1 Å². The SMILES string of the molecule is CCC(=S(=O)=O)S(=O)(=O)[O-].[Na+]. The van der Waals surface area contributed by atoms with Gasteiger partial charge in [-0.3, -0.25) is 0 Å². The van der Waals surface area contributed by atoms with E-state index < -0.39 is 24.6 Å². The van der Waals surface area contributed by atoms with E-state index in [4.69, 9.17) is 0 Å². The van der Waals surface area contributed by atoms with Gasteiger partial charge in [0, 0.05) is 0 Å². The monoisotopic (exact) mass is 208 g/mol. The van der Waals surface area contributed by atoms with Crippen molar-refractivity contribution in [1.29, 1.82) is 0 Å². The normalized spacial score (nSPS) is 10.0. The molecule has 0 aliphatic heterocycles. The molecular weight excluding hydrogens is 203 g/mol. The summed E-state index contributed by atoms with van der Waals surface area (Å²) >= 11 is 0. The summed E-state index contributed by atoms with van der Waals surface area (Å²) in [5.41, 5.74) is 0. The average Bonchev–Trinajstić information content (AvgIpc) is 1.60. The molecule has 0 radical (unpaired) electrons. The first-order chi connectivity index (χ1) is 4.39. The number of hydrogen-bond donors (Lipinski definition) is 0. The van der Waals surface area contributed by atoms with Crippen molar-refractivity contribution in [2.75, 3.05) is 0 Å². The fourth-order valence-corrected chi connectivity index (χ4v) is 1.63. The molecule has 0 saturated carbocycles. The summed E-state index contributed by atoms with van der Waals surface area (Å²) in [6, 6.07) is 0. The van der Waals surface area contributed by atoms with Crippen molar-refractivity contribution in [1.82, 2.24) is 0 Å². The minimum absolute atomic E-state index is 0. The predicted octanol–water partition coefficient (Wildman–Crippen LogP) is -4.05. The molecule has 0 amide bonds. The summed E-state index contributed by atoms with van der Waals surface area (Å²) in [6.07, 6.45) is -0.290. The molecule has 0 rings (SSSR count). The number of rotatable bonds is 1. The summed E-state index contributed by atoms with van der Waals surface area (Å²) in [4.78, 5) is 0. The third-order valence-electron chi connectivity index (χ3n) is 0.753. The molecule has 0 spiro atoms. The molecule has 0 unspecified atom stereocenters. The van der Waals surface area contributed by atoms with Gasteiger partial charge < -0.3 is 4.55 Å². The van der Waals surface area contributed by atoms with Crippen molar-refractivity contribution in [2.45, 2.75) is 13.3 Å². The molecule has 8 heteroatoms. The van der Waals surface area contributed by atoms with E-state index in [9.17, 15) is 21.4 Å². The molecule has 0 aliphatic carbocycles. The second kappa shape index (κ2) is 5.28. The number of hydrogen-bond acceptors (Lipinski definition) is 5. The Hall–Kier alpha value is 0.600. The van der Waals surface area contributed by atoms with E-state index in [0.29, 0.717) is 0 Å². The maximum atomic E-state index is 10.0. The van der Waals surface area contributed by atoms with Crippen molar-refractivity contribution in [3.05, 3.63) is 0 Å². The Bertz CT molecular complexity index is 328. The van der Waals surface area contributed by atoms with E-state index in [0.717, 1.165) is 0 Å². The van der Waals surface area contributed by atoms with Crippen LogP contribution in [0.25, 0.3) is 0 Å². The Labute approximate surface area is 88.4 Å². The maximum absolute atomic E-state index is 10.0. The molecule has 0 aromatic rings. The van der Waals surface area contributed by atoms with Crippen LogP contribution in [0.4, 0.5) is 0 Å². The van der Waals surface area contributed by atoms with Crippen LogP contribution in [0.2, 0.25) is 0 Å². The van der Waals surface area contributed by atoms with Gasteiger partial charge in [-0.1, -0.05) is 6.92 Å². The first kappa shape index (κ1) is 14.1. The van der Waals surface area contributed by atoms with Crippen LogP contribution in [0.5, 0.6) is 0 Å². The van der Waals surface area contributed by atoms with Crippen molar-refractivity contribution in [2.24, 2.45) is 0 Å². The fourth-order valence-electron chi connectivity index (χ4n) is 0.378. The van der Waals surface area contributed by atoms with E-state index in [1.807, 2.05) is 0 Å². The molecule has 0 N–H and O–H groups in total. The summed E-state index contributed by atoms with van der Waals surface area (Å²) < 4.78 is 49.0. The molecule has 60 valence electrons. The van der Waals surface area contributed by atoms with Crippen LogP contribution in [-0.2, 0) is 20.4 Å². The van der Waals surface area contributed by atoms with Crippen LogP contribution >= 0.6 is 0 Å². The largest absolute Gasteiger partial charge is 1.00 e. The molecule has 0 aliphatic rings. The summed E-state index contributed by atoms with van der Waals surface area (Å²) in [7, 11) is -7.67. The van der Waals surface area contributed by atoms with Crippen LogP contribution in [0.15, 0.2) is 0 Å². The smallest absolute Gasteiger partial charge is 0.744 e. The zero-order chi connectivity index (χ0) is 8.36. The van der Waals surface area contributed by atoms with E-state index >= 15 is 0 Å². The maximum Gasteiger partial charge on any atom is 1.00 e. The molecule has 0 atom stereocenters. The zero-order valence-corrected chi connectivity index (χ0v) is 9.70. The Balaban J connectivity index is 0. The van der Waals surface area contributed by atoms with Crippen molar-refractivity contribution >= 4 is 24.6 Å². The van der Waals surface area contributed by atoms with Gasteiger partial charge in [0.15, 0.2) is 4.20 Å². The van der Waals surface area contributed by atoms with Crippen molar-refractivity contribution < 1.29 is 50.9 Å². The molecule has 0 fully saturated rings. The standard InChI is InChI=1S/C3H6O5S2.Na/c1-2-3(9(4)5)10(6,7)8;/h2H2,1H3,(H,6,7,8);/q;+1/p-1. The summed E-state index contributed by atoms with van der Waals surface area (Å²) in [5.74, 6) is 0. The predicted molar refractivity (Wildman–Crippen MR) is 33.9 cm³/mol. The van der Waals surface area contributed by atoms with Crippen LogP contribution in [0.3, 0.4) is 0 Å². The second-order valence-corrected chi connectivity index (χ2v) is 4.04. The van der Waals surface area contributed by atoms with Gasteiger partial charge in [-0.05, 0) is 6.42 Å². The molecule has 5 nitrogen and oxygen atoms in total. The zero-order valence-electron chi connectivity index (χ0n) is 6.06. The van der Waals surface area contributed by atoms with E-state index in [-0.39, 0.29) is 36.0 Å². The molecule has 0 saturated heterocycles. The summed E-state index contributed by atoms with van der Waals surface area (Å²) in [6.45, 7) is 1.28. The van der Waals surface area contributed by atoms with Crippen LogP contribution < -0.4 is 29.6 Å². The third-order valence-corrected chi connectivity index (χ3v) is 3.28. The van der Waals surface area contributed by atoms with E-state index in [1.165, 1.54) is 6.92 Å². The van der Waals surface area contributed by atoms with Gasteiger partial charge in [0.05, 0.1) is 0 Å². The van der Waals surface area contributed by atoms with Crippen LogP contribution in [0.1, 0.15) is 13.3 Å². The Kier molecular flexibility index (Phi) is 6.79. The van der Waals surface area contributed by atoms with Crippen molar-refractivity contribution in [3.8, 4) is 0 Å². The van der Waals surface area contributed by atoms with E-state index in [1.54, 1.807) is 0 Å². The van der Waals surface area contributed by atoms with Gasteiger partial charge >= 0.3 is 29.6 Å². The Morgan fingerprint density at radius 1 is 1.45 bits per heavy atom. The topological polar surface area (TPSA) is 91.3 Å². The van der Waals surface area contributed by atoms with Gasteiger partial charge in [-0.15, -0.1) is 0 Å². The Morgan fingerprint density at radius 2 is 1.82 bits per heavy atom.